The molecule has 6 heteroatoms. The third-order valence-corrected chi connectivity index (χ3v) is 4.20. The Balaban J connectivity index is 1.75. The molecule has 0 spiro atoms. The molecule has 0 atom stereocenters. The lowest BCUT2D eigenvalue weighted by Gasteiger charge is -2.22. The SMILES string of the molecule is CC(=O)N(C(=O)c1ccc2c(c1)OCO2)c1cccc2c1NCC2. The third kappa shape index (κ3) is 2.27. The maximum atomic E-state index is 13.0. The molecule has 2 aliphatic rings. The van der Waals surface area contributed by atoms with Gasteiger partial charge in [0.25, 0.3) is 5.91 Å². The molecule has 2 heterocycles. The Morgan fingerprint density at radius 2 is 1.96 bits per heavy atom. The molecule has 2 amide bonds. The fourth-order valence-electron chi connectivity index (χ4n) is 3.09. The summed E-state index contributed by atoms with van der Waals surface area (Å²) in [5.41, 5.74) is 2.92. The zero-order valence-corrected chi connectivity index (χ0v) is 13.2. The number of nitrogens with one attached hydrogen (secondary N) is 1. The number of hydrogen-bond acceptors (Lipinski definition) is 5. The van der Waals surface area contributed by atoms with Crippen LogP contribution in [0.4, 0.5) is 11.4 Å². The molecule has 122 valence electrons. The molecular weight excluding hydrogens is 308 g/mol. The molecule has 0 saturated heterocycles. The summed E-state index contributed by atoms with van der Waals surface area (Å²) in [6, 6.07) is 10.6. The predicted molar refractivity (Wildman–Crippen MR) is 88.7 cm³/mol. The number of ether oxygens (including phenoxy) is 2. The van der Waals surface area contributed by atoms with Crippen molar-refractivity contribution in [3.05, 3.63) is 47.5 Å². The molecule has 0 saturated carbocycles. The number of imide groups is 1. The molecule has 0 bridgehead atoms. The van der Waals surface area contributed by atoms with Crippen LogP contribution in [0.1, 0.15) is 22.8 Å². The second kappa shape index (κ2) is 5.56. The van der Waals surface area contributed by atoms with Crippen molar-refractivity contribution in [2.75, 3.05) is 23.6 Å². The van der Waals surface area contributed by atoms with Crippen molar-refractivity contribution in [2.45, 2.75) is 13.3 Å². The normalized spacial score (nSPS) is 14.0. The van der Waals surface area contributed by atoms with E-state index in [0.29, 0.717) is 22.7 Å². The summed E-state index contributed by atoms with van der Waals surface area (Å²) in [7, 11) is 0. The smallest absolute Gasteiger partial charge is 0.265 e. The first-order valence-electron chi connectivity index (χ1n) is 7.75. The van der Waals surface area contributed by atoms with Crippen LogP contribution in [-0.4, -0.2) is 25.2 Å². The Hall–Kier alpha value is -3.02. The Bertz CT molecular complexity index is 847. The van der Waals surface area contributed by atoms with E-state index in [2.05, 4.69) is 5.32 Å². The summed E-state index contributed by atoms with van der Waals surface area (Å²) >= 11 is 0. The molecule has 0 radical (unpaired) electrons. The van der Waals surface area contributed by atoms with Gasteiger partial charge in [0.2, 0.25) is 12.7 Å². The van der Waals surface area contributed by atoms with E-state index in [-0.39, 0.29) is 18.6 Å². The van der Waals surface area contributed by atoms with E-state index in [9.17, 15) is 9.59 Å². The summed E-state index contributed by atoms with van der Waals surface area (Å²) in [5, 5.41) is 3.26. The van der Waals surface area contributed by atoms with Gasteiger partial charge in [-0.1, -0.05) is 12.1 Å². The minimum absolute atomic E-state index is 0.138. The van der Waals surface area contributed by atoms with Gasteiger partial charge in [0.1, 0.15) is 0 Å². The monoisotopic (exact) mass is 324 g/mol. The standard InChI is InChI=1S/C18H16N2O4/c1-11(21)20(14-4-2-3-12-7-8-19-17(12)14)18(22)13-5-6-15-16(9-13)24-10-23-15/h2-6,9,19H,7-8,10H2,1H3. The zero-order chi connectivity index (χ0) is 16.7. The Labute approximate surface area is 139 Å². The summed E-state index contributed by atoms with van der Waals surface area (Å²) < 4.78 is 10.6. The summed E-state index contributed by atoms with van der Waals surface area (Å²) in [5.74, 6) is 0.395. The van der Waals surface area contributed by atoms with Gasteiger partial charge in [-0.2, -0.15) is 0 Å². The van der Waals surface area contributed by atoms with Crippen LogP contribution in [-0.2, 0) is 11.2 Å². The molecule has 4 rings (SSSR count). The van der Waals surface area contributed by atoms with Crippen LogP contribution in [0.3, 0.4) is 0 Å². The molecule has 2 aromatic carbocycles. The van der Waals surface area contributed by atoms with Gasteiger partial charge in [-0.05, 0) is 36.2 Å². The minimum Gasteiger partial charge on any atom is -0.454 e. The van der Waals surface area contributed by atoms with E-state index < -0.39 is 0 Å². The highest BCUT2D eigenvalue weighted by molar-refractivity contribution is 6.22. The molecule has 0 aliphatic carbocycles. The average Bonchev–Trinajstić information content (AvgIpc) is 3.23. The maximum Gasteiger partial charge on any atom is 0.265 e. The number of carbonyl (C=O) groups excluding carboxylic acids is 2. The van der Waals surface area contributed by atoms with E-state index in [1.54, 1.807) is 24.3 Å². The first-order chi connectivity index (χ1) is 11.6. The van der Waals surface area contributed by atoms with Crippen molar-refractivity contribution in [3.8, 4) is 11.5 Å². The topological polar surface area (TPSA) is 67.9 Å². The van der Waals surface area contributed by atoms with Crippen molar-refractivity contribution >= 4 is 23.2 Å². The van der Waals surface area contributed by atoms with Crippen LogP contribution in [0.2, 0.25) is 0 Å². The fraction of sp³-hybridized carbons (Fsp3) is 0.222. The zero-order valence-electron chi connectivity index (χ0n) is 13.2. The van der Waals surface area contributed by atoms with Gasteiger partial charge in [0.15, 0.2) is 11.5 Å². The van der Waals surface area contributed by atoms with Gasteiger partial charge < -0.3 is 14.8 Å². The number of amides is 2. The molecule has 0 fully saturated rings. The lowest BCUT2D eigenvalue weighted by molar-refractivity contribution is -0.115. The van der Waals surface area contributed by atoms with Crippen molar-refractivity contribution in [2.24, 2.45) is 0 Å². The highest BCUT2D eigenvalue weighted by atomic mass is 16.7. The first kappa shape index (κ1) is 14.6. The summed E-state index contributed by atoms with van der Waals surface area (Å²) in [6.07, 6.45) is 0.882. The van der Waals surface area contributed by atoms with Gasteiger partial charge in [-0.3, -0.25) is 9.59 Å². The first-order valence-corrected chi connectivity index (χ1v) is 7.75. The van der Waals surface area contributed by atoms with Crippen molar-refractivity contribution in [3.63, 3.8) is 0 Å². The van der Waals surface area contributed by atoms with Crippen LogP contribution in [0.5, 0.6) is 11.5 Å². The van der Waals surface area contributed by atoms with Crippen molar-refractivity contribution in [1.82, 2.24) is 0 Å². The number of benzene rings is 2. The van der Waals surface area contributed by atoms with Crippen molar-refractivity contribution in [1.29, 1.82) is 0 Å². The Kier molecular flexibility index (Phi) is 3.37. The van der Waals surface area contributed by atoms with E-state index in [0.717, 1.165) is 24.2 Å². The Morgan fingerprint density at radius 1 is 1.12 bits per heavy atom. The van der Waals surface area contributed by atoms with Gasteiger partial charge in [0.05, 0.1) is 11.4 Å². The van der Waals surface area contributed by atoms with E-state index in [1.807, 2.05) is 12.1 Å². The average molecular weight is 324 g/mol. The molecule has 2 aromatic rings. The number of nitrogens with zero attached hydrogens (tertiary/aromatic N) is 1. The van der Waals surface area contributed by atoms with Gasteiger partial charge in [-0.25, -0.2) is 4.90 Å². The summed E-state index contributed by atoms with van der Waals surface area (Å²) in [4.78, 5) is 26.4. The quantitative estimate of drug-likeness (QED) is 0.919. The van der Waals surface area contributed by atoms with Crippen LogP contribution in [0, 0.1) is 0 Å². The molecule has 24 heavy (non-hydrogen) atoms. The summed E-state index contributed by atoms with van der Waals surface area (Å²) in [6.45, 7) is 2.33. The fourth-order valence-corrected chi connectivity index (χ4v) is 3.09. The number of carbonyl (C=O) groups is 2. The number of fused-ring (bicyclic) bond motifs is 2. The minimum atomic E-state index is -0.386. The predicted octanol–water partition coefficient (Wildman–Crippen LogP) is 2.58. The second-order valence-electron chi connectivity index (χ2n) is 5.72. The Morgan fingerprint density at radius 3 is 2.79 bits per heavy atom. The molecule has 0 aromatic heterocycles. The lowest BCUT2D eigenvalue weighted by Crippen LogP contribution is -2.35. The van der Waals surface area contributed by atoms with E-state index in [4.69, 9.17) is 9.47 Å². The van der Waals surface area contributed by atoms with Crippen molar-refractivity contribution < 1.29 is 19.1 Å². The molecule has 6 nitrogen and oxygen atoms in total. The second-order valence-corrected chi connectivity index (χ2v) is 5.72. The maximum absolute atomic E-state index is 13.0. The lowest BCUT2D eigenvalue weighted by atomic mass is 10.1. The molecular formula is C18H16N2O4. The number of anilines is 2. The van der Waals surface area contributed by atoms with Gasteiger partial charge in [0, 0.05) is 19.0 Å². The highest BCUT2D eigenvalue weighted by Gasteiger charge is 2.28. The molecule has 2 aliphatic heterocycles. The number of para-hydroxylation sites is 1. The van der Waals surface area contributed by atoms with Crippen LogP contribution >= 0.6 is 0 Å². The third-order valence-electron chi connectivity index (χ3n) is 4.20. The largest absolute Gasteiger partial charge is 0.454 e. The van der Waals surface area contributed by atoms with Crippen LogP contribution < -0.4 is 19.7 Å². The van der Waals surface area contributed by atoms with Crippen LogP contribution in [0.15, 0.2) is 36.4 Å². The molecule has 1 N–H and O–H groups in total. The van der Waals surface area contributed by atoms with Gasteiger partial charge in [-0.15, -0.1) is 0 Å². The van der Waals surface area contributed by atoms with E-state index in [1.165, 1.54) is 11.8 Å². The van der Waals surface area contributed by atoms with E-state index >= 15 is 0 Å². The number of rotatable bonds is 2. The highest BCUT2D eigenvalue weighted by Crippen LogP contribution is 2.36. The van der Waals surface area contributed by atoms with Crippen LogP contribution in [0.25, 0.3) is 0 Å². The van der Waals surface area contributed by atoms with Gasteiger partial charge >= 0.3 is 0 Å². The molecule has 0 unspecified atom stereocenters. The number of hydrogen-bond donors (Lipinski definition) is 1.